The highest BCUT2D eigenvalue weighted by Crippen LogP contribution is 2.34. The molecule has 2 aliphatic rings. The highest BCUT2D eigenvalue weighted by molar-refractivity contribution is 5.92. The van der Waals surface area contributed by atoms with Gasteiger partial charge in [-0.3, -0.25) is 9.69 Å². The summed E-state index contributed by atoms with van der Waals surface area (Å²) in [6.07, 6.45) is -1.82. The van der Waals surface area contributed by atoms with E-state index in [-0.39, 0.29) is 18.0 Å². The number of amides is 1. The molecule has 1 saturated carbocycles. The zero-order valence-electron chi connectivity index (χ0n) is 15.7. The Morgan fingerprint density at radius 3 is 2.72 bits per heavy atom. The second-order valence-corrected chi connectivity index (χ2v) is 7.68. The van der Waals surface area contributed by atoms with Crippen LogP contribution in [0.5, 0.6) is 0 Å². The Morgan fingerprint density at radius 2 is 2.00 bits per heavy atom. The molecule has 1 fully saturated rings. The maximum absolute atomic E-state index is 14.1. The molecule has 0 unspecified atom stereocenters. The molecule has 8 heteroatoms. The third-order valence-electron chi connectivity index (χ3n) is 5.41. The van der Waals surface area contributed by atoms with E-state index in [9.17, 15) is 22.4 Å². The van der Waals surface area contributed by atoms with E-state index in [1.165, 1.54) is 0 Å². The molecule has 0 atom stereocenters. The van der Waals surface area contributed by atoms with Crippen molar-refractivity contribution in [3.05, 3.63) is 64.2 Å². The number of nitrogens with one attached hydrogen (secondary N) is 1. The van der Waals surface area contributed by atoms with Crippen LogP contribution in [0.4, 0.5) is 17.6 Å². The van der Waals surface area contributed by atoms with Gasteiger partial charge in [-0.1, -0.05) is 12.1 Å². The van der Waals surface area contributed by atoms with Gasteiger partial charge in [0.25, 0.3) is 5.91 Å². The van der Waals surface area contributed by atoms with Gasteiger partial charge in [0.1, 0.15) is 11.5 Å². The molecule has 4 nitrogen and oxygen atoms in total. The molecular formula is C21H21F4N3O. The number of fused-ring (bicyclic) bond motifs is 1. The Balaban J connectivity index is 1.46. The van der Waals surface area contributed by atoms with Crippen molar-refractivity contribution in [2.75, 3.05) is 13.1 Å². The molecule has 1 aliphatic carbocycles. The van der Waals surface area contributed by atoms with Crippen LogP contribution in [0.3, 0.4) is 0 Å². The van der Waals surface area contributed by atoms with Crippen LogP contribution in [0.15, 0.2) is 30.3 Å². The van der Waals surface area contributed by atoms with E-state index in [0.29, 0.717) is 37.7 Å². The van der Waals surface area contributed by atoms with Crippen LogP contribution in [-0.2, 0) is 25.7 Å². The number of carbonyl (C=O) groups is 1. The summed E-state index contributed by atoms with van der Waals surface area (Å²) in [7, 11) is 0. The van der Waals surface area contributed by atoms with Crippen molar-refractivity contribution < 1.29 is 22.4 Å². The monoisotopic (exact) mass is 407 g/mol. The Hall–Kier alpha value is -2.48. The van der Waals surface area contributed by atoms with Crippen molar-refractivity contribution in [1.29, 1.82) is 0 Å². The summed E-state index contributed by atoms with van der Waals surface area (Å²) >= 11 is 0. The lowest BCUT2D eigenvalue weighted by Crippen LogP contribution is -2.33. The first-order chi connectivity index (χ1) is 13.8. The lowest BCUT2D eigenvalue weighted by Gasteiger charge is -2.29. The van der Waals surface area contributed by atoms with Gasteiger partial charge in [-0.25, -0.2) is 9.37 Å². The summed E-state index contributed by atoms with van der Waals surface area (Å²) in [4.78, 5) is 18.4. The predicted molar refractivity (Wildman–Crippen MR) is 98.5 cm³/mol. The topological polar surface area (TPSA) is 45.2 Å². The number of aromatic nitrogens is 1. The number of hydrogen-bond donors (Lipinski definition) is 1. The summed E-state index contributed by atoms with van der Waals surface area (Å²) in [6.45, 7) is 1.33. The van der Waals surface area contributed by atoms with Crippen LogP contribution in [0.25, 0.3) is 0 Å². The summed E-state index contributed by atoms with van der Waals surface area (Å²) in [5.74, 6) is -0.486. The van der Waals surface area contributed by atoms with Gasteiger partial charge >= 0.3 is 6.18 Å². The van der Waals surface area contributed by atoms with Crippen LogP contribution in [-0.4, -0.2) is 28.9 Å². The van der Waals surface area contributed by atoms with Gasteiger partial charge in [0.2, 0.25) is 0 Å². The fourth-order valence-corrected chi connectivity index (χ4v) is 3.59. The largest absolute Gasteiger partial charge is 0.416 e. The fourth-order valence-electron chi connectivity index (χ4n) is 3.59. The van der Waals surface area contributed by atoms with Gasteiger partial charge in [0.15, 0.2) is 0 Å². The number of rotatable bonds is 5. The fraction of sp³-hybridized carbons (Fsp3) is 0.429. The van der Waals surface area contributed by atoms with Crippen molar-refractivity contribution in [3.8, 4) is 0 Å². The minimum Gasteiger partial charge on any atom is -0.350 e. The van der Waals surface area contributed by atoms with E-state index in [1.54, 1.807) is 17.0 Å². The van der Waals surface area contributed by atoms with Gasteiger partial charge < -0.3 is 5.32 Å². The average molecular weight is 407 g/mol. The number of hydrogen-bond acceptors (Lipinski definition) is 3. The minimum atomic E-state index is -4.60. The summed E-state index contributed by atoms with van der Waals surface area (Å²) in [5, 5.41) is 2.88. The van der Waals surface area contributed by atoms with Gasteiger partial charge in [-0.05, 0) is 42.5 Å². The lowest BCUT2D eigenvalue weighted by molar-refractivity contribution is -0.138. The maximum atomic E-state index is 14.1. The van der Waals surface area contributed by atoms with E-state index in [4.69, 9.17) is 0 Å². The van der Waals surface area contributed by atoms with E-state index in [1.807, 2.05) is 0 Å². The van der Waals surface area contributed by atoms with Crippen molar-refractivity contribution in [2.24, 2.45) is 5.92 Å². The molecule has 4 rings (SSSR count). The Labute approximate surface area is 165 Å². The van der Waals surface area contributed by atoms with Crippen LogP contribution in [0.2, 0.25) is 0 Å². The third-order valence-corrected chi connectivity index (χ3v) is 5.41. The number of benzene rings is 1. The quantitative estimate of drug-likeness (QED) is 0.764. The summed E-state index contributed by atoms with van der Waals surface area (Å²) in [6, 6.07) is 6.45. The molecule has 1 amide bonds. The first kappa shape index (κ1) is 19.8. The van der Waals surface area contributed by atoms with Crippen molar-refractivity contribution in [1.82, 2.24) is 15.2 Å². The molecule has 0 spiro atoms. The summed E-state index contributed by atoms with van der Waals surface area (Å²) < 4.78 is 53.8. The molecular weight excluding hydrogens is 386 g/mol. The molecule has 1 N–H and O–H groups in total. The second kappa shape index (κ2) is 7.74. The van der Waals surface area contributed by atoms with Crippen molar-refractivity contribution in [3.63, 3.8) is 0 Å². The van der Waals surface area contributed by atoms with E-state index >= 15 is 0 Å². The van der Waals surface area contributed by atoms with Crippen LogP contribution < -0.4 is 5.32 Å². The van der Waals surface area contributed by atoms with E-state index in [0.717, 1.165) is 42.3 Å². The van der Waals surface area contributed by atoms with Gasteiger partial charge in [0.05, 0.1) is 5.56 Å². The first-order valence-electron chi connectivity index (χ1n) is 9.65. The third kappa shape index (κ3) is 4.58. The van der Waals surface area contributed by atoms with Crippen LogP contribution >= 0.6 is 0 Å². The summed E-state index contributed by atoms with van der Waals surface area (Å²) in [5.41, 5.74) is 0.688. The Bertz CT molecular complexity index is 925. The zero-order valence-corrected chi connectivity index (χ0v) is 15.7. The minimum absolute atomic E-state index is 0.134. The predicted octanol–water partition coefficient (Wildman–Crippen LogP) is 3.94. The molecule has 1 aromatic heterocycles. The molecule has 154 valence electrons. The van der Waals surface area contributed by atoms with E-state index in [2.05, 4.69) is 10.3 Å². The zero-order chi connectivity index (χ0) is 20.6. The normalized spacial score (nSPS) is 17.1. The van der Waals surface area contributed by atoms with Gasteiger partial charge in [-0.2, -0.15) is 13.2 Å². The van der Waals surface area contributed by atoms with E-state index < -0.39 is 17.6 Å². The van der Waals surface area contributed by atoms with Gasteiger partial charge in [-0.15, -0.1) is 0 Å². The highest BCUT2D eigenvalue weighted by atomic mass is 19.4. The Morgan fingerprint density at radius 1 is 1.21 bits per heavy atom. The molecule has 1 aromatic carbocycles. The smallest absolute Gasteiger partial charge is 0.350 e. The molecule has 2 heterocycles. The van der Waals surface area contributed by atoms with Crippen molar-refractivity contribution in [2.45, 2.75) is 38.5 Å². The molecule has 0 bridgehead atoms. The average Bonchev–Trinajstić information content (AvgIpc) is 3.51. The number of alkyl halides is 3. The van der Waals surface area contributed by atoms with Crippen LogP contribution in [0, 0.1) is 11.7 Å². The molecule has 2 aromatic rings. The van der Waals surface area contributed by atoms with Crippen LogP contribution in [0.1, 0.15) is 45.7 Å². The number of halogens is 4. The number of nitrogens with zero attached hydrogens (tertiary/aromatic N) is 2. The molecule has 29 heavy (non-hydrogen) atoms. The number of pyridine rings is 1. The molecule has 1 aliphatic heterocycles. The maximum Gasteiger partial charge on any atom is 0.416 e. The van der Waals surface area contributed by atoms with Crippen molar-refractivity contribution >= 4 is 5.91 Å². The molecule has 0 radical (unpaired) electrons. The second-order valence-electron chi connectivity index (χ2n) is 7.68. The standard InChI is InChI=1S/C21H21F4N3O/c22-17-3-1-2-16(21(23,24)25)15(17)12-28-9-8-18-14(11-28)6-7-19(27-18)20(29)26-10-13-4-5-13/h1-3,6-7,13H,4-5,8-12H2,(H,26,29). The molecule has 0 saturated heterocycles. The van der Waals surface area contributed by atoms with Gasteiger partial charge in [0, 0.05) is 43.9 Å². The first-order valence-corrected chi connectivity index (χ1v) is 9.65. The highest BCUT2D eigenvalue weighted by Gasteiger charge is 2.35. The number of carbonyl (C=O) groups excluding carboxylic acids is 1. The SMILES string of the molecule is O=C(NCC1CC1)c1ccc2c(n1)CCN(Cc1c(F)cccc1C(F)(F)F)C2. The lowest BCUT2D eigenvalue weighted by atomic mass is 10.0. The Kier molecular flexibility index (Phi) is 5.29.